The van der Waals surface area contributed by atoms with E-state index in [4.69, 9.17) is 0 Å². The quantitative estimate of drug-likeness (QED) is 0.582. The first kappa shape index (κ1) is 14.4. The summed E-state index contributed by atoms with van der Waals surface area (Å²) in [4.78, 5) is 12.3. The van der Waals surface area contributed by atoms with Crippen LogP contribution in [0.3, 0.4) is 0 Å². The van der Waals surface area contributed by atoms with Crippen molar-refractivity contribution in [3.05, 3.63) is 68.7 Å². The van der Waals surface area contributed by atoms with Gasteiger partial charge in [-0.3, -0.25) is 4.79 Å². The summed E-state index contributed by atoms with van der Waals surface area (Å²) >= 11 is 3.01. The van der Waals surface area contributed by atoms with E-state index in [2.05, 4.69) is 15.9 Å². The van der Waals surface area contributed by atoms with Crippen LogP contribution in [-0.2, 0) is 19.3 Å². The van der Waals surface area contributed by atoms with Crippen molar-refractivity contribution < 1.29 is 13.6 Å². The highest BCUT2D eigenvalue weighted by Gasteiger charge is 2.18. The van der Waals surface area contributed by atoms with Crippen molar-refractivity contribution in [2.24, 2.45) is 0 Å². The number of hydrogen-bond donors (Lipinski definition) is 0. The lowest BCUT2D eigenvalue weighted by Crippen LogP contribution is -2.08. The highest BCUT2D eigenvalue weighted by Crippen LogP contribution is 2.25. The Balaban J connectivity index is 1.89. The SMILES string of the molecule is O=C(Cc1c(F)ccc(Br)c1F)c1ccc2c(c1)CCC2. The van der Waals surface area contributed by atoms with Crippen molar-refractivity contribution in [1.29, 1.82) is 0 Å². The highest BCUT2D eigenvalue weighted by atomic mass is 79.9. The number of hydrogen-bond acceptors (Lipinski definition) is 1. The van der Waals surface area contributed by atoms with Crippen molar-refractivity contribution in [3.63, 3.8) is 0 Å². The van der Waals surface area contributed by atoms with Gasteiger partial charge in [0, 0.05) is 17.5 Å². The van der Waals surface area contributed by atoms with Gasteiger partial charge < -0.3 is 0 Å². The molecule has 0 bridgehead atoms. The maximum Gasteiger partial charge on any atom is 0.167 e. The predicted octanol–water partition coefficient (Wildman–Crippen LogP) is 4.64. The van der Waals surface area contributed by atoms with Gasteiger partial charge in [-0.2, -0.15) is 0 Å². The number of aryl methyl sites for hydroxylation is 2. The molecule has 1 aliphatic rings. The van der Waals surface area contributed by atoms with Gasteiger partial charge >= 0.3 is 0 Å². The Kier molecular flexibility index (Phi) is 3.89. The van der Waals surface area contributed by atoms with Crippen molar-refractivity contribution in [2.45, 2.75) is 25.7 Å². The fraction of sp³-hybridized carbons (Fsp3) is 0.235. The van der Waals surface area contributed by atoms with Gasteiger partial charge in [0.15, 0.2) is 5.78 Å². The topological polar surface area (TPSA) is 17.1 Å². The molecule has 0 spiro atoms. The number of halogens is 3. The molecule has 0 heterocycles. The van der Waals surface area contributed by atoms with Crippen LogP contribution in [0.1, 0.15) is 33.5 Å². The van der Waals surface area contributed by atoms with Crippen LogP contribution in [0.25, 0.3) is 0 Å². The third-order valence-corrected chi connectivity index (χ3v) is 4.51. The molecule has 1 aliphatic carbocycles. The Hall–Kier alpha value is -1.55. The summed E-state index contributed by atoms with van der Waals surface area (Å²) < 4.78 is 27.8. The molecule has 3 rings (SSSR count). The van der Waals surface area contributed by atoms with Crippen molar-refractivity contribution in [2.75, 3.05) is 0 Å². The molecule has 108 valence electrons. The molecule has 0 unspecified atom stereocenters. The van der Waals surface area contributed by atoms with E-state index in [0.717, 1.165) is 19.3 Å². The van der Waals surface area contributed by atoms with Crippen LogP contribution in [0.15, 0.2) is 34.8 Å². The molecule has 1 nitrogen and oxygen atoms in total. The van der Waals surface area contributed by atoms with Crippen LogP contribution in [0.5, 0.6) is 0 Å². The van der Waals surface area contributed by atoms with Crippen LogP contribution in [-0.4, -0.2) is 5.78 Å². The molecule has 2 aromatic rings. The maximum absolute atomic E-state index is 13.9. The monoisotopic (exact) mass is 350 g/mol. The normalized spacial score (nSPS) is 13.3. The van der Waals surface area contributed by atoms with Gasteiger partial charge in [-0.15, -0.1) is 0 Å². The lowest BCUT2D eigenvalue weighted by atomic mass is 9.99. The summed E-state index contributed by atoms with van der Waals surface area (Å²) in [6, 6.07) is 8.02. The van der Waals surface area contributed by atoms with Crippen molar-refractivity contribution in [3.8, 4) is 0 Å². The molecule has 0 amide bonds. The van der Waals surface area contributed by atoms with Gasteiger partial charge in [-0.25, -0.2) is 8.78 Å². The minimum absolute atomic E-state index is 0.167. The Bertz CT molecular complexity index is 725. The first-order valence-corrected chi connectivity index (χ1v) is 7.63. The summed E-state index contributed by atoms with van der Waals surface area (Å²) in [6.07, 6.45) is 2.84. The number of rotatable bonds is 3. The number of fused-ring (bicyclic) bond motifs is 1. The molecule has 0 aliphatic heterocycles. The minimum Gasteiger partial charge on any atom is -0.294 e. The summed E-state index contributed by atoms with van der Waals surface area (Å²) in [5.41, 5.74) is 2.78. The number of Topliss-reactive ketones (excluding diaryl/α,β-unsaturated/α-hetero) is 1. The van der Waals surface area contributed by atoms with Crippen LogP contribution in [0, 0.1) is 11.6 Å². The predicted molar refractivity (Wildman–Crippen MR) is 80.6 cm³/mol. The lowest BCUT2D eigenvalue weighted by molar-refractivity contribution is 0.0990. The zero-order valence-electron chi connectivity index (χ0n) is 11.3. The van der Waals surface area contributed by atoms with Gasteiger partial charge in [0.05, 0.1) is 4.47 Å². The highest BCUT2D eigenvalue weighted by molar-refractivity contribution is 9.10. The second-order valence-electron chi connectivity index (χ2n) is 5.26. The largest absolute Gasteiger partial charge is 0.294 e. The average molecular weight is 351 g/mol. The first-order valence-electron chi connectivity index (χ1n) is 6.83. The van der Waals surface area contributed by atoms with E-state index in [1.54, 1.807) is 6.07 Å². The van der Waals surface area contributed by atoms with E-state index >= 15 is 0 Å². The molecule has 4 heteroatoms. The molecule has 0 aromatic heterocycles. The summed E-state index contributed by atoms with van der Waals surface area (Å²) in [5, 5.41) is 0. The smallest absolute Gasteiger partial charge is 0.167 e. The molecule has 0 atom stereocenters. The molecule has 0 radical (unpaired) electrons. The molecule has 0 fully saturated rings. The molecular weight excluding hydrogens is 338 g/mol. The summed E-state index contributed by atoms with van der Waals surface area (Å²) in [5.74, 6) is -1.66. The van der Waals surface area contributed by atoms with E-state index in [9.17, 15) is 13.6 Å². The third-order valence-electron chi connectivity index (χ3n) is 3.90. The standard InChI is InChI=1S/C17H13BrF2O/c18-14-6-7-15(19)13(17(14)20)9-16(21)12-5-4-10-2-1-3-11(10)8-12/h4-8H,1-3,9H2. The van der Waals surface area contributed by atoms with Gasteiger partial charge in [0.25, 0.3) is 0 Å². The zero-order valence-corrected chi connectivity index (χ0v) is 12.8. The summed E-state index contributed by atoms with van der Waals surface area (Å²) in [6.45, 7) is 0. The molecule has 0 N–H and O–H groups in total. The third kappa shape index (κ3) is 2.77. The van der Waals surface area contributed by atoms with Crippen LogP contribution in [0.2, 0.25) is 0 Å². The molecule has 2 aromatic carbocycles. The zero-order chi connectivity index (χ0) is 15.0. The lowest BCUT2D eigenvalue weighted by Gasteiger charge is -2.07. The van der Waals surface area contributed by atoms with E-state index in [1.807, 2.05) is 12.1 Å². The second kappa shape index (κ2) is 5.68. The minimum atomic E-state index is -0.704. The summed E-state index contributed by atoms with van der Waals surface area (Å²) in [7, 11) is 0. The number of carbonyl (C=O) groups excluding carboxylic acids is 1. The Morgan fingerprint density at radius 2 is 1.86 bits per heavy atom. The molecular formula is C17H13BrF2O. The molecule has 21 heavy (non-hydrogen) atoms. The number of ketones is 1. The van der Waals surface area contributed by atoms with E-state index < -0.39 is 11.6 Å². The Morgan fingerprint density at radius 1 is 1.10 bits per heavy atom. The Morgan fingerprint density at radius 3 is 2.67 bits per heavy atom. The van der Waals surface area contributed by atoms with Crippen LogP contribution >= 0.6 is 15.9 Å². The van der Waals surface area contributed by atoms with E-state index in [1.165, 1.54) is 23.3 Å². The van der Waals surface area contributed by atoms with Crippen molar-refractivity contribution in [1.82, 2.24) is 0 Å². The number of carbonyl (C=O) groups is 1. The fourth-order valence-corrected chi connectivity index (χ4v) is 3.11. The van der Waals surface area contributed by atoms with Gasteiger partial charge in [0.1, 0.15) is 11.6 Å². The van der Waals surface area contributed by atoms with E-state index in [-0.39, 0.29) is 22.2 Å². The first-order chi connectivity index (χ1) is 10.1. The molecule has 0 saturated heterocycles. The fourth-order valence-electron chi connectivity index (χ4n) is 2.74. The maximum atomic E-state index is 13.9. The second-order valence-corrected chi connectivity index (χ2v) is 6.11. The average Bonchev–Trinajstić information content (AvgIpc) is 2.94. The number of benzene rings is 2. The van der Waals surface area contributed by atoms with Crippen molar-refractivity contribution >= 4 is 21.7 Å². The molecule has 0 saturated carbocycles. The van der Waals surface area contributed by atoms with E-state index in [0.29, 0.717) is 5.56 Å². The Labute approximate surface area is 130 Å². The van der Waals surface area contributed by atoms with Gasteiger partial charge in [-0.05, 0) is 64.5 Å². The van der Waals surface area contributed by atoms with Crippen LogP contribution in [0.4, 0.5) is 8.78 Å². The van der Waals surface area contributed by atoms with Gasteiger partial charge in [0.2, 0.25) is 0 Å². The van der Waals surface area contributed by atoms with Crippen LogP contribution < -0.4 is 0 Å². The van der Waals surface area contributed by atoms with Gasteiger partial charge in [-0.1, -0.05) is 12.1 Å².